The van der Waals surface area contributed by atoms with E-state index in [0.717, 1.165) is 37.1 Å². The monoisotopic (exact) mass is 326 g/mol. The predicted molar refractivity (Wildman–Crippen MR) is 68.1 cm³/mol. The lowest BCUT2D eigenvalue weighted by Crippen LogP contribution is -2.56. The van der Waals surface area contributed by atoms with Gasteiger partial charge < -0.3 is 4.74 Å². The average Bonchev–Trinajstić information content (AvgIpc) is 2.90. The van der Waals surface area contributed by atoms with E-state index in [1.165, 1.54) is 6.07 Å². The molecule has 1 aliphatic carbocycles. The number of rotatable bonds is 4. The van der Waals surface area contributed by atoms with Crippen molar-refractivity contribution in [1.29, 1.82) is 0 Å². The number of ether oxygens (including phenoxy) is 1. The van der Waals surface area contributed by atoms with E-state index in [1.54, 1.807) is 0 Å². The van der Waals surface area contributed by atoms with Crippen LogP contribution in [-0.4, -0.2) is 19.0 Å². The second kappa shape index (κ2) is 6.10. The molecule has 0 bridgehead atoms. The molecule has 0 saturated heterocycles. The second-order valence-corrected chi connectivity index (χ2v) is 5.50. The molecule has 2 rings (SSSR count). The summed E-state index contributed by atoms with van der Waals surface area (Å²) in [6, 6.07) is 5.24. The molecule has 0 N–H and O–H groups in total. The Morgan fingerprint density at radius 2 is 1.36 bits per heavy atom. The van der Waals surface area contributed by atoms with Crippen molar-refractivity contribution in [2.45, 2.75) is 43.6 Å². The first-order valence-corrected chi connectivity index (χ1v) is 7.01. The maximum absolute atomic E-state index is 13.4. The molecule has 0 aliphatic heterocycles. The highest BCUT2D eigenvalue weighted by atomic mass is 19.4. The third kappa shape index (κ3) is 3.09. The molecule has 0 radical (unpaired) electrons. The van der Waals surface area contributed by atoms with Crippen molar-refractivity contribution >= 4 is 0 Å². The first-order chi connectivity index (χ1) is 10.2. The SMILES string of the molecule is FC(F)(F)C(OCC1CCCC1)(c1ccccc1)C(F)(F)F. The highest BCUT2D eigenvalue weighted by Crippen LogP contribution is 2.53. The van der Waals surface area contributed by atoms with Crippen molar-refractivity contribution in [2.24, 2.45) is 5.92 Å². The minimum atomic E-state index is -5.59. The van der Waals surface area contributed by atoms with Gasteiger partial charge in [-0.2, -0.15) is 26.3 Å². The summed E-state index contributed by atoms with van der Waals surface area (Å²) in [5.74, 6) is -0.257. The summed E-state index contributed by atoms with van der Waals surface area (Å²) in [4.78, 5) is 0. The minimum absolute atomic E-state index is 0.257. The van der Waals surface area contributed by atoms with Crippen molar-refractivity contribution in [3.8, 4) is 0 Å². The van der Waals surface area contributed by atoms with Gasteiger partial charge in [0.15, 0.2) is 0 Å². The van der Waals surface area contributed by atoms with Crippen LogP contribution in [0.25, 0.3) is 0 Å². The Morgan fingerprint density at radius 3 is 1.82 bits per heavy atom. The van der Waals surface area contributed by atoms with Crippen LogP contribution in [0.5, 0.6) is 0 Å². The highest BCUT2D eigenvalue weighted by molar-refractivity contribution is 5.27. The van der Waals surface area contributed by atoms with Gasteiger partial charge in [-0.05, 0) is 18.8 Å². The maximum Gasteiger partial charge on any atom is 0.430 e. The minimum Gasteiger partial charge on any atom is -0.354 e. The van der Waals surface area contributed by atoms with E-state index >= 15 is 0 Å². The largest absolute Gasteiger partial charge is 0.430 e. The van der Waals surface area contributed by atoms with Gasteiger partial charge in [0, 0.05) is 5.56 Å². The summed E-state index contributed by atoms with van der Waals surface area (Å²) in [6.07, 6.45) is -8.37. The third-order valence-corrected chi connectivity index (χ3v) is 3.99. The molecule has 1 aromatic rings. The van der Waals surface area contributed by atoms with Gasteiger partial charge in [-0.3, -0.25) is 0 Å². The summed E-state index contributed by atoms with van der Waals surface area (Å²) in [5.41, 5.74) is -5.21. The van der Waals surface area contributed by atoms with E-state index in [1.807, 2.05) is 0 Å². The third-order valence-electron chi connectivity index (χ3n) is 3.99. The van der Waals surface area contributed by atoms with Crippen LogP contribution in [0.1, 0.15) is 31.2 Å². The topological polar surface area (TPSA) is 9.23 Å². The molecule has 1 fully saturated rings. The van der Waals surface area contributed by atoms with Gasteiger partial charge in [0.1, 0.15) is 0 Å². The van der Waals surface area contributed by atoms with E-state index in [2.05, 4.69) is 4.74 Å². The molecule has 7 heteroatoms. The molecule has 0 spiro atoms. The molecule has 0 heterocycles. The highest BCUT2D eigenvalue weighted by Gasteiger charge is 2.73. The molecule has 0 aromatic heterocycles. The van der Waals surface area contributed by atoms with Gasteiger partial charge in [-0.25, -0.2) is 0 Å². The van der Waals surface area contributed by atoms with Crippen LogP contribution in [0.15, 0.2) is 30.3 Å². The van der Waals surface area contributed by atoms with Crippen molar-refractivity contribution in [2.75, 3.05) is 6.61 Å². The van der Waals surface area contributed by atoms with E-state index in [-0.39, 0.29) is 5.92 Å². The second-order valence-electron chi connectivity index (χ2n) is 5.50. The average molecular weight is 326 g/mol. The van der Waals surface area contributed by atoms with Gasteiger partial charge in [-0.1, -0.05) is 43.2 Å². The van der Waals surface area contributed by atoms with E-state index in [4.69, 9.17) is 0 Å². The molecule has 0 unspecified atom stereocenters. The fourth-order valence-electron chi connectivity index (χ4n) is 2.83. The molecular formula is C15H16F6O. The Hall–Kier alpha value is -1.24. The Bertz CT molecular complexity index is 459. The molecule has 124 valence electrons. The van der Waals surface area contributed by atoms with Crippen LogP contribution in [0.2, 0.25) is 0 Å². The van der Waals surface area contributed by atoms with E-state index in [0.29, 0.717) is 12.8 Å². The molecule has 1 aromatic carbocycles. The van der Waals surface area contributed by atoms with Crippen LogP contribution in [0.4, 0.5) is 26.3 Å². The van der Waals surface area contributed by atoms with Crippen molar-refractivity contribution in [1.82, 2.24) is 0 Å². The van der Waals surface area contributed by atoms with Gasteiger partial charge >= 0.3 is 12.4 Å². The van der Waals surface area contributed by atoms with E-state index < -0.39 is 30.1 Å². The van der Waals surface area contributed by atoms with Crippen LogP contribution < -0.4 is 0 Å². The fraction of sp³-hybridized carbons (Fsp3) is 0.600. The standard InChI is InChI=1S/C15H16F6O/c16-14(17,18)13(15(19,20)21,12-8-2-1-3-9-12)22-10-11-6-4-5-7-11/h1-3,8-9,11H,4-7,10H2. The number of hydrogen-bond acceptors (Lipinski definition) is 1. The van der Waals surface area contributed by atoms with Gasteiger partial charge in [-0.15, -0.1) is 0 Å². The zero-order chi connectivity index (χ0) is 16.4. The van der Waals surface area contributed by atoms with Crippen molar-refractivity contribution < 1.29 is 31.1 Å². The Morgan fingerprint density at radius 1 is 0.864 bits per heavy atom. The zero-order valence-corrected chi connectivity index (χ0v) is 11.7. The molecule has 0 amide bonds. The first-order valence-electron chi connectivity index (χ1n) is 7.01. The van der Waals surface area contributed by atoms with Crippen LogP contribution in [0.3, 0.4) is 0 Å². The lowest BCUT2D eigenvalue weighted by molar-refractivity contribution is -0.391. The Labute approximate surface area is 124 Å². The quantitative estimate of drug-likeness (QED) is 0.690. The number of benzene rings is 1. The Kier molecular flexibility index (Phi) is 4.75. The van der Waals surface area contributed by atoms with Crippen molar-refractivity contribution in [3.63, 3.8) is 0 Å². The van der Waals surface area contributed by atoms with Crippen LogP contribution in [-0.2, 0) is 10.3 Å². The number of alkyl halides is 6. The molecule has 1 nitrogen and oxygen atoms in total. The summed E-state index contributed by atoms with van der Waals surface area (Å²) in [5, 5.41) is 0. The maximum atomic E-state index is 13.4. The molecule has 0 atom stereocenters. The molecule has 22 heavy (non-hydrogen) atoms. The first kappa shape index (κ1) is 17.1. The number of hydrogen-bond donors (Lipinski definition) is 0. The summed E-state index contributed by atoms with van der Waals surface area (Å²) in [6.45, 7) is -0.548. The van der Waals surface area contributed by atoms with Gasteiger partial charge in [0.25, 0.3) is 5.60 Å². The molecular weight excluding hydrogens is 310 g/mol. The normalized spacial score (nSPS) is 17.9. The van der Waals surface area contributed by atoms with Gasteiger partial charge in [0.2, 0.25) is 0 Å². The van der Waals surface area contributed by atoms with E-state index in [9.17, 15) is 26.3 Å². The smallest absolute Gasteiger partial charge is 0.354 e. The lowest BCUT2D eigenvalue weighted by Gasteiger charge is -2.38. The summed E-state index contributed by atoms with van der Waals surface area (Å²) < 4.78 is 84.9. The summed E-state index contributed by atoms with van der Waals surface area (Å²) in [7, 11) is 0. The Balaban J connectivity index is 2.41. The molecule has 1 aliphatic rings. The number of halogens is 6. The predicted octanol–water partition coefficient (Wildman–Crippen LogP) is 5.21. The molecule has 1 saturated carbocycles. The summed E-state index contributed by atoms with van der Waals surface area (Å²) >= 11 is 0. The zero-order valence-electron chi connectivity index (χ0n) is 11.7. The van der Waals surface area contributed by atoms with Crippen LogP contribution in [0, 0.1) is 5.92 Å². The van der Waals surface area contributed by atoms with Crippen molar-refractivity contribution in [3.05, 3.63) is 35.9 Å². The van der Waals surface area contributed by atoms with Gasteiger partial charge in [0.05, 0.1) is 6.61 Å². The van der Waals surface area contributed by atoms with Crippen LogP contribution >= 0.6 is 0 Å². The fourth-order valence-corrected chi connectivity index (χ4v) is 2.83. The lowest BCUT2D eigenvalue weighted by atomic mass is 9.91.